The van der Waals surface area contributed by atoms with Crippen LogP contribution in [-0.2, 0) is 9.84 Å². The summed E-state index contributed by atoms with van der Waals surface area (Å²) in [6.07, 6.45) is 0. The van der Waals surface area contributed by atoms with Crippen LogP contribution in [0, 0.1) is 5.92 Å². The highest BCUT2D eigenvalue weighted by Gasteiger charge is 2.28. The summed E-state index contributed by atoms with van der Waals surface area (Å²) in [6.45, 7) is 5.46. The zero-order chi connectivity index (χ0) is 14.6. The molecule has 0 amide bonds. The van der Waals surface area contributed by atoms with Gasteiger partial charge in [0.25, 0.3) is 0 Å². The zero-order valence-electron chi connectivity index (χ0n) is 12.0. The van der Waals surface area contributed by atoms with Gasteiger partial charge < -0.3 is 10.5 Å². The maximum atomic E-state index is 12.2. The first-order chi connectivity index (χ1) is 8.77. The van der Waals surface area contributed by atoms with Crippen LogP contribution in [0.15, 0.2) is 24.3 Å². The van der Waals surface area contributed by atoms with Crippen LogP contribution in [0.2, 0.25) is 0 Å². The van der Waals surface area contributed by atoms with Gasteiger partial charge in [0.1, 0.15) is 5.75 Å². The second kappa shape index (κ2) is 6.39. The summed E-state index contributed by atoms with van der Waals surface area (Å²) in [5.41, 5.74) is 6.88. The third-order valence-electron chi connectivity index (χ3n) is 3.14. The molecular formula is C14H23NO3S. The van der Waals surface area contributed by atoms with E-state index in [1.807, 2.05) is 26.0 Å². The smallest absolute Gasteiger partial charge is 0.155 e. The van der Waals surface area contributed by atoms with E-state index >= 15 is 0 Å². The molecule has 108 valence electrons. The van der Waals surface area contributed by atoms with Gasteiger partial charge in [0.05, 0.1) is 18.1 Å². The number of hydrogen-bond donors (Lipinski definition) is 1. The molecule has 0 aliphatic rings. The molecule has 1 rings (SSSR count). The average molecular weight is 285 g/mol. The predicted octanol–water partition coefficient (Wildman–Crippen LogP) is 2.15. The van der Waals surface area contributed by atoms with Crippen molar-refractivity contribution in [2.24, 2.45) is 11.7 Å². The Morgan fingerprint density at radius 3 is 2.11 bits per heavy atom. The minimum absolute atomic E-state index is 0.107. The molecule has 2 atom stereocenters. The molecule has 5 heteroatoms. The highest BCUT2D eigenvalue weighted by Crippen LogP contribution is 2.23. The molecule has 1 aromatic carbocycles. The molecule has 19 heavy (non-hydrogen) atoms. The summed E-state index contributed by atoms with van der Waals surface area (Å²) in [4.78, 5) is 0. The van der Waals surface area contributed by atoms with Gasteiger partial charge >= 0.3 is 0 Å². The monoisotopic (exact) mass is 285 g/mol. The van der Waals surface area contributed by atoms with E-state index in [2.05, 4.69) is 0 Å². The fourth-order valence-corrected chi connectivity index (χ4v) is 3.77. The molecule has 0 aliphatic heterocycles. The molecule has 0 spiro atoms. The number of nitrogens with two attached hydrogens (primary N) is 1. The number of ether oxygens (including phenoxy) is 1. The van der Waals surface area contributed by atoms with Crippen LogP contribution in [0.5, 0.6) is 5.75 Å². The van der Waals surface area contributed by atoms with Crippen LogP contribution in [0.3, 0.4) is 0 Å². The first-order valence-electron chi connectivity index (χ1n) is 6.39. The number of methoxy groups -OCH3 is 1. The van der Waals surface area contributed by atoms with Crippen LogP contribution in [0.1, 0.15) is 32.4 Å². The van der Waals surface area contributed by atoms with Gasteiger partial charge in [0, 0.05) is 6.04 Å². The lowest BCUT2D eigenvalue weighted by molar-refractivity contribution is 0.414. The minimum atomic E-state index is -3.18. The third kappa shape index (κ3) is 4.21. The molecule has 2 unspecified atom stereocenters. The van der Waals surface area contributed by atoms with Crippen molar-refractivity contribution in [3.8, 4) is 5.75 Å². The maximum Gasteiger partial charge on any atom is 0.155 e. The van der Waals surface area contributed by atoms with Crippen molar-refractivity contribution in [1.29, 1.82) is 0 Å². The fourth-order valence-electron chi connectivity index (χ4n) is 1.94. The van der Waals surface area contributed by atoms with Gasteiger partial charge in [0.15, 0.2) is 9.84 Å². The Morgan fingerprint density at radius 1 is 1.16 bits per heavy atom. The lowest BCUT2D eigenvalue weighted by Crippen LogP contribution is -2.33. The molecule has 0 heterocycles. The molecular weight excluding hydrogens is 262 g/mol. The predicted molar refractivity (Wildman–Crippen MR) is 78.0 cm³/mol. The molecule has 1 aromatic rings. The topological polar surface area (TPSA) is 69.4 Å². The number of benzene rings is 1. The normalized spacial score (nSPS) is 15.3. The van der Waals surface area contributed by atoms with Crippen LogP contribution < -0.4 is 10.5 Å². The largest absolute Gasteiger partial charge is 0.497 e. The summed E-state index contributed by atoms with van der Waals surface area (Å²) in [5.74, 6) is 1.00. The number of hydrogen-bond acceptors (Lipinski definition) is 4. The first kappa shape index (κ1) is 16.0. The van der Waals surface area contributed by atoms with Gasteiger partial charge in [-0.15, -0.1) is 0 Å². The molecule has 0 radical (unpaired) electrons. The summed E-state index contributed by atoms with van der Waals surface area (Å²) in [5, 5.41) is -0.594. The van der Waals surface area contributed by atoms with Crippen LogP contribution in [-0.4, -0.2) is 26.5 Å². The maximum absolute atomic E-state index is 12.2. The Morgan fingerprint density at radius 2 is 1.68 bits per heavy atom. The van der Waals surface area contributed by atoms with Crippen molar-refractivity contribution in [2.45, 2.75) is 32.1 Å². The van der Waals surface area contributed by atoms with E-state index in [9.17, 15) is 8.42 Å². The summed E-state index contributed by atoms with van der Waals surface area (Å²) in [7, 11) is -1.59. The average Bonchev–Trinajstić information content (AvgIpc) is 2.35. The van der Waals surface area contributed by atoms with E-state index in [-0.39, 0.29) is 11.7 Å². The molecule has 0 aromatic heterocycles. The zero-order valence-corrected chi connectivity index (χ0v) is 12.8. The first-order valence-corrected chi connectivity index (χ1v) is 8.10. The minimum Gasteiger partial charge on any atom is -0.497 e. The highest BCUT2D eigenvalue weighted by molar-refractivity contribution is 7.92. The van der Waals surface area contributed by atoms with Gasteiger partial charge in [0.2, 0.25) is 0 Å². The Hall–Kier alpha value is -1.07. The molecule has 0 aliphatic carbocycles. The van der Waals surface area contributed by atoms with Crippen LogP contribution in [0.4, 0.5) is 0 Å². The Kier molecular flexibility index (Phi) is 5.38. The second-order valence-corrected chi connectivity index (χ2v) is 7.63. The lowest BCUT2D eigenvalue weighted by atomic mass is 10.1. The third-order valence-corrected chi connectivity index (χ3v) is 5.70. The number of sulfone groups is 1. The second-order valence-electron chi connectivity index (χ2n) is 5.23. The molecule has 0 bridgehead atoms. The van der Waals surface area contributed by atoms with E-state index in [0.29, 0.717) is 0 Å². The van der Waals surface area contributed by atoms with E-state index in [4.69, 9.17) is 10.5 Å². The van der Waals surface area contributed by atoms with Crippen molar-refractivity contribution in [2.75, 3.05) is 12.9 Å². The SMILES string of the molecule is COc1ccc(C(N)C(C)S(=O)(=O)CC(C)C)cc1. The quantitative estimate of drug-likeness (QED) is 0.869. The lowest BCUT2D eigenvalue weighted by Gasteiger charge is -2.21. The van der Waals surface area contributed by atoms with E-state index in [1.54, 1.807) is 26.2 Å². The standard InChI is InChI=1S/C14H23NO3S/c1-10(2)9-19(16,17)11(3)14(15)12-5-7-13(18-4)8-6-12/h5-8,10-11,14H,9,15H2,1-4H3. The van der Waals surface area contributed by atoms with Crippen molar-refractivity contribution >= 4 is 9.84 Å². The molecule has 4 nitrogen and oxygen atoms in total. The summed E-state index contributed by atoms with van der Waals surface area (Å²) < 4.78 is 29.4. The Bertz CT molecular complexity index is 494. The number of rotatable bonds is 6. The van der Waals surface area contributed by atoms with Gasteiger partial charge in [-0.2, -0.15) is 0 Å². The van der Waals surface area contributed by atoms with Crippen molar-refractivity contribution in [3.05, 3.63) is 29.8 Å². The van der Waals surface area contributed by atoms with Gasteiger partial charge in [-0.1, -0.05) is 26.0 Å². The summed E-state index contributed by atoms with van der Waals surface area (Å²) in [6, 6.07) is 6.68. The molecule has 0 fully saturated rings. The highest BCUT2D eigenvalue weighted by atomic mass is 32.2. The van der Waals surface area contributed by atoms with E-state index in [1.165, 1.54) is 0 Å². The Balaban J connectivity index is 2.89. The van der Waals surface area contributed by atoms with Gasteiger partial charge in [-0.3, -0.25) is 0 Å². The van der Waals surface area contributed by atoms with Crippen molar-refractivity contribution in [3.63, 3.8) is 0 Å². The van der Waals surface area contributed by atoms with Crippen LogP contribution in [0.25, 0.3) is 0 Å². The van der Waals surface area contributed by atoms with E-state index < -0.39 is 21.1 Å². The van der Waals surface area contributed by atoms with Crippen LogP contribution >= 0.6 is 0 Å². The Labute approximate surface area is 115 Å². The van der Waals surface area contributed by atoms with Gasteiger partial charge in [-0.25, -0.2) is 8.42 Å². The van der Waals surface area contributed by atoms with E-state index in [0.717, 1.165) is 11.3 Å². The fraction of sp³-hybridized carbons (Fsp3) is 0.571. The van der Waals surface area contributed by atoms with Gasteiger partial charge in [-0.05, 0) is 30.5 Å². The van der Waals surface area contributed by atoms with Crippen molar-refractivity contribution in [1.82, 2.24) is 0 Å². The van der Waals surface area contributed by atoms with Crippen molar-refractivity contribution < 1.29 is 13.2 Å². The molecule has 2 N–H and O–H groups in total. The molecule has 0 saturated heterocycles. The molecule has 0 saturated carbocycles. The summed E-state index contributed by atoms with van der Waals surface area (Å²) >= 11 is 0.